The smallest absolute Gasteiger partial charge is 0.413 e. The largest absolute Gasteiger partial charge is 0.444 e. The van der Waals surface area contributed by atoms with Crippen molar-refractivity contribution in [3.8, 4) is 0 Å². The lowest BCUT2D eigenvalue weighted by molar-refractivity contribution is -0.117. The molecule has 1 saturated carbocycles. The SMILES string of the molecule is CC(C)(C)OC(=O)Nc1ccc(NC(=O)C2CC2)cn1. The van der Waals surface area contributed by atoms with Crippen molar-refractivity contribution in [3.05, 3.63) is 18.3 Å². The van der Waals surface area contributed by atoms with Crippen molar-refractivity contribution in [3.63, 3.8) is 0 Å². The van der Waals surface area contributed by atoms with Gasteiger partial charge in [-0.15, -0.1) is 0 Å². The van der Waals surface area contributed by atoms with Crippen LogP contribution in [0.3, 0.4) is 0 Å². The fourth-order valence-electron chi connectivity index (χ4n) is 1.54. The molecule has 6 heteroatoms. The van der Waals surface area contributed by atoms with Crippen molar-refractivity contribution in [2.75, 3.05) is 10.6 Å². The molecule has 108 valence electrons. The van der Waals surface area contributed by atoms with E-state index in [1.54, 1.807) is 32.9 Å². The summed E-state index contributed by atoms with van der Waals surface area (Å²) in [6.07, 6.45) is 2.86. The molecule has 2 amide bonds. The lowest BCUT2D eigenvalue weighted by Crippen LogP contribution is -2.27. The fourth-order valence-corrected chi connectivity index (χ4v) is 1.54. The zero-order chi connectivity index (χ0) is 14.8. The molecule has 6 nitrogen and oxygen atoms in total. The van der Waals surface area contributed by atoms with E-state index in [1.165, 1.54) is 6.20 Å². The number of pyridine rings is 1. The van der Waals surface area contributed by atoms with Gasteiger partial charge in [-0.05, 0) is 45.7 Å². The number of amides is 2. The highest BCUT2D eigenvalue weighted by Crippen LogP contribution is 2.30. The Morgan fingerprint density at radius 2 is 1.95 bits per heavy atom. The normalized spacial score (nSPS) is 14.6. The Kier molecular flexibility index (Phi) is 3.92. The highest BCUT2D eigenvalue weighted by Gasteiger charge is 2.29. The molecular weight excluding hydrogens is 258 g/mol. The molecule has 2 rings (SSSR count). The number of nitrogens with one attached hydrogen (secondary N) is 2. The lowest BCUT2D eigenvalue weighted by Gasteiger charge is -2.19. The van der Waals surface area contributed by atoms with Crippen LogP contribution in [-0.4, -0.2) is 22.6 Å². The third-order valence-corrected chi connectivity index (χ3v) is 2.61. The molecule has 0 radical (unpaired) electrons. The van der Waals surface area contributed by atoms with Gasteiger partial charge in [-0.3, -0.25) is 10.1 Å². The zero-order valence-corrected chi connectivity index (χ0v) is 11.9. The molecule has 1 aromatic rings. The number of aromatic nitrogens is 1. The summed E-state index contributed by atoms with van der Waals surface area (Å²) in [5.41, 5.74) is 0.0686. The summed E-state index contributed by atoms with van der Waals surface area (Å²) in [6, 6.07) is 3.31. The van der Waals surface area contributed by atoms with E-state index in [0.29, 0.717) is 11.5 Å². The minimum absolute atomic E-state index is 0.0275. The van der Waals surface area contributed by atoms with Gasteiger partial charge in [0.25, 0.3) is 0 Å². The van der Waals surface area contributed by atoms with Crippen LogP contribution in [0.2, 0.25) is 0 Å². The average Bonchev–Trinajstić information content (AvgIpc) is 3.13. The van der Waals surface area contributed by atoms with Gasteiger partial charge in [-0.2, -0.15) is 0 Å². The maximum absolute atomic E-state index is 11.6. The van der Waals surface area contributed by atoms with Crippen LogP contribution in [0.25, 0.3) is 0 Å². The highest BCUT2D eigenvalue weighted by atomic mass is 16.6. The highest BCUT2D eigenvalue weighted by molar-refractivity contribution is 5.94. The van der Waals surface area contributed by atoms with Crippen LogP contribution in [0.5, 0.6) is 0 Å². The standard InChI is InChI=1S/C14H19N3O3/c1-14(2,3)20-13(19)17-11-7-6-10(8-15-11)16-12(18)9-4-5-9/h6-9H,4-5H2,1-3H3,(H,16,18)(H,15,17,19). The molecule has 0 aromatic carbocycles. The molecule has 0 spiro atoms. The van der Waals surface area contributed by atoms with Crippen molar-refractivity contribution < 1.29 is 14.3 Å². The van der Waals surface area contributed by atoms with Crippen molar-refractivity contribution in [2.45, 2.75) is 39.2 Å². The third kappa shape index (κ3) is 4.53. The lowest BCUT2D eigenvalue weighted by atomic mass is 10.2. The number of carbonyl (C=O) groups is 2. The fraction of sp³-hybridized carbons (Fsp3) is 0.500. The van der Waals surface area contributed by atoms with Crippen molar-refractivity contribution in [2.24, 2.45) is 5.92 Å². The predicted molar refractivity (Wildman–Crippen MR) is 75.4 cm³/mol. The summed E-state index contributed by atoms with van der Waals surface area (Å²) in [4.78, 5) is 27.2. The van der Waals surface area contributed by atoms with Crippen LogP contribution in [0, 0.1) is 5.92 Å². The topological polar surface area (TPSA) is 80.3 Å². The Morgan fingerprint density at radius 3 is 2.45 bits per heavy atom. The number of rotatable bonds is 3. The Bertz CT molecular complexity index is 501. The van der Waals surface area contributed by atoms with Gasteiger partial charge in [0.2, 0.25) is 5.91 Å². The van der Waals surface area contributed by atoms with E-state index in [1.807, 2.05) is 0 Å². The molecule has 0 atom stereocenters. The van der Waals surface area contributed by atoms with Crippen LogP contribution in [-0.2, 0) is 9.53 Å². The van der Waals surface area contributed by atoms with Gasteiger partial charge < -0.3 is 10.1 Å². The van der Waals surface area contributed by atoms with Gasteiger partial charge in [-0.1, -0.05) is 0 Å². The van der Waals surface area contributed by atoms with E-state index in [4.69, 9.17) is 4.74 Å². The summed E-state index contributed by atoms with van der Waals surface area (Å²) < 4.78 is 5.12. The van der Waals surface area contributed by atoms with Crippen molar-refractivity contribution in [1.29, 1.82) is 0 Å². The minimum atomic E-state index is -0.556. The maximum Gasteiger partial charge on any atom is 0.413 e. The first kappa shape index (κ1) is 14.3. The van der Waals surface area contributed by atoms with Crippen LogP contribution >= 0.6 is 0 Å². The van der Waals surface area contributed by atoms with E-state index < -0.39 is 11.7 Å². The summed E-state index contributed by atoms with van der Waals surface area (Å²) >= 11 is 0. The molecular formula is C14H19N3O3. The average molecular weight is 277 g/mol. The van der Waals surface area contributed by atoms with Crippen LogP contribution in [0.1, 0.15) is 33.6 Å². The quantitative estimate of drug-likeness (QED) is 0.890. The molecule has 0 bridgehead atoms. The number of hydrogen-bond acceptors (Lipinski definition) is 4. The second-order valence-corrected chi connectivity index (χ2v) is 5.82. The van der Waals surface area contributed by atoms with E-state index in [2.05, 4.69) is 15.6 Å². The van der Waals surface area contributed by atoms with Gasteiger partial charge in [0.05, 0.1) is 11.9 Å². The molecule has 0 unspecified atom stereocenters. The van der Waals surface area contributed by atoms with E-state index >= 15 is 0 Å². The Hall–Kier alpha value is -2.11. The van der Waals surface area contributed by atoms with E-state index in [9.17, 15) is 9.59 Å². The second-order valence-electron chi connectivity index (χ2n) is 5.82. The maximum atomic E-state index is 11.6. The van der Waals surface area contributed by atoms with Gasteiger partial charge in [0.15, 0.2) is 0 Å². The van der Waals surface area contributed by atoms with Gasteiger partial charge >= 0.3 is 6.09 Å². The van der Waals surface area contributed by atoms with E-state index in [-0.39, 0.29) is 11.8 Å². The van der Waals surface area contributed by atoms with Crippen LogP contribution < -0.4 is 10.6 Å². The number of ether oxygens (including phenoxy) is 1. The molecule has 1 fully saturated rings. The van der Waals surface area contributed by atoms with Gasteiger partial charge in [0, 0.05) is 5.92 Å². The Balaban J connectivity index is 1.87. The second kappa shape index (κ2) is 5.48. The summed E-state index contributed by atoms with van der Waals surface area (Å²) in [6.45, 7) is 5.36. The first-order valence-corrected chi connectivity index (χ1v) is 6.60. The molecule has 1 heterocycles. The summed E-state index contributed by atoms with van der Waals surface area (Å²) in [5, 5.41) is 5.31. The van der Waals surface area contributed by atoms with Gasteiger partial charge in [-0.25, -0.2) is 9.78 Å². The predicted octanol–water partition coefficient (Wildman–Crippen LogP) is 2.78. The molecule has 0 saturated heterocycles. The van der Waals surface area contributed by atoms with Crippen molar-refractivity contribution in [1.82, 2.24) is 4.98 Å². The first-order valence-electron chi connectivity index (χ1n) is 6.60. The molecule has 2 N–H and O–H groups in total. The number of anilines is 2. The molecule has 1 aromatic heterocycles. The van der Waals surface area contributed by atoms with Crippen LogP contribution in [0.4, 0.5) is 16.3 Å². The third-order valence-electron chi connectivity index (χ3n) is 2.61. The number of hydrogen-bond donors (Lipinski definition) is 2. The Morgan fingerprint density at radius 1 is 1.25 bits per heavy atom. The summed E-state index contributed by atoms with van der Waals surface area (Å²) in [7, 11) is 0. The Labute approximate surface area is 117 Å². The van der Waals surface area contributed by atoms with E-state index in [0.717, 1.165) is 12.8 Å². The molecule has 1 aliphatic carbocycles. The minimum Gasteiger partial charge on any atom is -0.444 e. The number of nitrogens with zero attached hydrogens (tertiary/aromatic N) is 1. The molecule has 1 aliphatic rings. The first-order chi connectivity index (χ1) is 9.33. The van der Waals surface area contributed by atoms with Crippen LogP contribution in [0.15, 0.2) is 18.3 Å². The number of carbonyl (C=O) groups excluding carboxylic acids is 2. The van der Waals surface area contributed by atoms with Gasteiger partial charge in [0.1, 0.15) is 11.4 Å². The monoisotopic (exact) mass is 277 g/mol. The van der Waals surface area contributed by atoms with Crippen molar-refractivity contribution >= 4 is 23.5 Å². The zero-order valence-electron chi connectivity index (χ0n) is 11.9. The summed E-state index contributed by atoms with van der Waals surface area (Å²) in [5.74, 6) is 0.554. The molecule has 20 heavy (non-hydrogen) atoms. The molecule has 0 aliphatic heterocycles.